The average molecular weight is 387 g/mol. The van der Waals surface area contributed by atoms with Gasteiger partial charge < -0.3 is 5.32 Å². The summed E-state index contributed by atoms with van der Waals surface area (Å²) in [6.45, 7) is 0. The predicted octanol–water partition coefficient (Wildman–Crippen LogP) is 5.36. The number of nitriles is 1. The summed E-state index contributed by atoms with van der Waals surface area (Å²) in [5.74, 6) is -0.411. The summed E-state index contributed by atoms with van der Waals surface area (Å²) in [5.41, 5.74) is 2.90. The Labute approximate surface area is 167 Å². The molecular formula is C23H15ClN2O2. The first kappa shape index (κ1) is 19.1. The van der Waals surface area contributed by atoms with Crippen LogP contribution in [0, 0.1) is 11.3 Å². The maximum absolute atomic E-state index is 12.3. The van der Waals surface area contributed by atoms with Gasteiger partial charge in [0.1, 0.15) is 0 Å². The van der Waals surface area contributed by atoms with E-state index in [1.54, 1.807) is 72.8 Å². The van der Waals surface area contributed by atoms with Crippen LogP contribution in [-0.2, 0) is 0 Å². The summed E-state index contributed by atoms with van der Waals surface area (Å²) >= 11 is 5.84. The quantitative estimate of drug-likeness (QED) is 0.474. The molecule has 0 saturated carbocycles. The number of rotatable bonds is 5. The Morgan fingerprint density at radius 2 is 1.61 bits per heavy atom. The molecule has 0 atom stereocenters. The Morgan fingerprint density at radius 3 is 2.29 bits per heavy atom. The molecule has 3 aromatic rings. The highest BCUT2D eigenvalue weighted by Gasteiger charge is 2.06. The molecular weight excluding hydrogens is 372 g/mol. The summed E-state index contributed by atoms with van der Waals surface area (Å²) < 4.78 is 0. The van der Waals surface area contributed by atoms with Crippen LogP contribution < -0.4 is 5.32 Å². The average Bonchev–Trinajstić information content (AvgIpc) is 2.73. The van der Waals surface area contributed by atoms with Crippen molar-refractivity contribution < 1.29 is 9.59 Å². The van der Waals surface area contributed by atoms with Crippen molar-refractivity contribution >= 4 is 35.1 Å². The minimum absolute atomic E-state index is 0.167. The summed E-state index contributed by atoms with van der Waals surface area (Å²) in [6, 6.07) is 22.3. The van der Waals surface area contributed by atoms with Crippen molar-refractivity contribution in [3.63, 3.8) is 0 Å². The summed E-state index contributed by atoms with van der Waals surface area (Å²) in [6.07, 6.45) is 3.14. The Kier molecular flexibility index (Phi) is 6.01. The van der Waals surface area contributed by atoms with E-state index in [0.717, 1.165) is 5.56 Å². The van der Waals surface area contributed by atoms with E-state index in [1.165, 1.54) is 6.08 Å². The lowest BCUT2D eigenvalue weighted by atomic mass is 10.1. The van der Waals surface area contributed by atoms with E-state index in [-0.39, 0.29) is 11.7 Å². The minimum atomic E-state index is -0.244. The molecule has 3 rings (SSSR count). The largest absolute Gasteiger partial charge is 0.322 e. The van der Waals surface area contributed by atoms with Crippen molar-refractivity contribution in [2.75, 3.05) is 5.32 Å². The van der Waals surface area contributed by atoms with Gasteiger partial charge >= 0.3 is 0 Å². The zero-order valence-corrected chi connectivity index (χ0v) is 15.5. The van der Waals surface area contributed by atoms with Gasteiger partial charge in [-0.3, -0.25) is 9.59 Å². The van der Waals surface area contributed by atoms with Crippen LogP contribution in [0.2, 0.25) is 5.02 Å². The molecule has 0 aliphatic rings. The van der Waals surface area contributed by atoms with Crippen LogP contribution >= 0.6 is 11.6 Å². The number of allylic oxidation sites excluding steroid dienone is 1. The van der Waals surface area contributed by atoms with Gasteiger partial charge in [-0.05, 0) is 72.3 Å². The fourth-order valence-corrected chi connectivity index (χ4v) is 2.63. The molecule has 0 saturated heterocycles. The summed E-state index contributed by atoms with van der Waals surface area (Å²) in [7, 11) is 0. The molecule has 0 unspecified atom stereocenters. The smallest absolute Gasteiger partial charge is 0.255 e. The highest BCUT2D eigenvalue weighted by Crippen LogP contribution is 2.16. The molecule has 3 aromatic carbocycles. The maximum atomic E-state index is 12.3. The van der Waals surface area contributed by atoms with Gasteiger partial charge in [0.25, 0.3) is 5.91 Å². The van der Waals surface area contributed by atoms with Crippen LogP contribution in [0.5, 0.6) is 0 Å². The minimum Gasteiger partial charge on any atom is -0.322 e. The van der Waals surface area contributed by atoms with Crippen LogP contribution in [0.3, 0.4) is 0 Å². The van der Waals surface area contributed by atoms with Gasteiger partial charge in [-0.15, -0.1) is 0 Å². The van der Waals surface area contributed by atoms with Crippen molar-refractivity contribution in [2.24, 2.45) is 0 Å². The lowest BCUT2D eigenvalue weighted by molar-refractivity contribution is 0.102. The number of anilines is 1. The van der Waals surface area contributed by atoms with Crippen molar-refractivity contribution in [1.82, 2.24) is 0 Å². The van der Waals surface area contributed by atoms with E-state index in [9.17, 15) is 9.59 Å². The molecule has 4 nitrogen and oxygen atoms in total. The molecule has 0 aliphatic heterocycles. The van der Waals surface area contributed by atoms with Crippen molar-refractivity contribution in [3.05, 3.63) is 106 Å². The summed E-state index contributed by atoms with van der Waals surface area (Å²) in [5, 5.41) is 12.2. The number of nitrogens with zero attached hydrogens (tertiary/aromatic N) is 1. The fraction of sp³-hybridized carbons (Fsp3) is 0. The zero-order valence-electron chi connectivity index (χ0n) is 14.7. The van der Waals surface area contributed by atoms with Crippen LogP contribution in [0.15, 0.2) is 78.9 Å². The van der Waals surface area contributed by atoms with Gasteiger partial charge in [-0.1, -0.05) is 29.8 Å². The lowest BCUT2D eigenvalue weighted by Gasteiger charge is -2.06. The van der Waals surface area contributed by atoms with Gasteiger partial charge in [0.05, 0.1) is 11.6 Å². The molecule has 28 heavy (non-hydrogen) atoms. The second-order valence-corrected chi connectivity index (χ2v) is 6.41. The van der Waals surface area contributed by atoms with Gasteiger partial charge in [-0.2, -0.15) is 5.26 Å². The molecule has 0 aliphatic carbocycles. The Balaban J connectivity index is 1.69. The maximum Gasteiger partial charge on any atom is 0.255 e. The highest BCUT2D eigenvalue weighted by atomic mass is 35.5. The van der Waals surface area contributed by atoms with Crippen molar-refractivity contribution in [1.29, 1.82) is 5.26 Å². The van der Waals surface area contributed by atoms with Gasteiger partial charge in [0.15, 0.2) is 5.78 Å². The lowest BCUT2D eigenvalue weighted by Crippen LogP contribution is -2.11. The molecule has 1 amide bonds. The van der Waals surface area contributed by atoms with Crippen molar-refractivity contribution in [3.8, 4) is 6.07 Å². The molecule has 0 heterocycles. The van der Waals surface area contributed by atoms with Crippen LogP contribution in [-0.4, -0.2) is 11.7 Å². The van der Waals surface area contributed by atoms with E-state index in [2.05, 4.69) is 5.32 Å². The second-order valence-electron chi connectivity index (χ2n) is 5.97. The third kappa shape index (κ3) is 4.94. The number of hydrogen-bond acceptors (Lipinski definition) is 3. The molecule has 0 spiro atoms. The number of ketones is 1. The molecule has 0 fully saturated rings. The van der Waals surface area contributed by atoms with Crippen molar-refractivity contribution in [2.45, 2.75) is 0 Å². The number of hydrogen-bond donors (Lipinski definition) is 1. The fourth-order valence-electron chi connectivity index (χ4n) is 2.50. The number of carbonyl (C=O) groups excluding carboxylic acids is 2. The number of amides is 1. The monoisotopic (exact) mass is 386 g/mol. The first-order valence-corrected chi connectivity index (χ1v) is 8.82. The molecule has 5 heteroatoms. The predicted molar refractivity (Wildman–Crippen MR) is 110 cm³/mol. The number of halogens is 1. The van der Waals surface area contributed by atoms with Crippen LogP contribution in [0.4, 0.5) is 5.69 Å². The third-order valence-electron chi connectivity index (χ3n) is 3.98. The number of carbonyl (C=O) groups is 2. The van der Waals surface area contributed by atoms with E-state index in [0.29, 0.717) is 27.4 Å². The van der Waals surface area contributed by atoms with Crippen LogP contribution in [0.1, 0.15) is 31.8 Å². The first-order chi connectivity index (χ1) is 13.5. The number of nitrogens with one attached hydrogen (secondary N) is 1. The molecule has 1 N–H and O–H groups in total. The van der Waals surface area contributed by atoms with Gasteiger partial charge in [0, 0.05) is 21.8 Å². The molecule has 0 bridgehead atoms. The van der Waals surface area contributed by atoms with Gasteiger partial charge in [-0.25, -0.2) is 0 Å². The topological polar surface area (TPSA) is 70.0 Å². The third-order valence-corrected chi connectivity index (χ3v) is 4.23. The Hall–Kier alpha value is -3.68. The molecule has 0 radical (unpaired) electrons. The van der Waals surface area contributed by atoms with E-state index >= 15 is 0 Å². The van der Waals surface area contributed by atoms with Crippen LogP contribution in [0.25, 0.3) is 6.08 Å². The zero-order chi connectivity index (χ0) is 19.9. The Bertz CT molecular complexity index is 1080. The van der Waals surface area contributed by atoms with E-state index in [4.69, 9.17) is 16.9 Å². The molecule has 0 aromatic heterocycles. The Morgan fingerprint density at radius 1 is 0.929 bits per heavy atom. The molecule has 136 valence electrons. The van der Waals surface area contributed by atoms with Gasteiger partial charge in [0.2, 0.25) is 0 Å². The number of benzene rings is 3. The SMILES string of the molecule is N#Cc1ccc(C(=O)/C=C/c2cccc(NC(=O)c3ccc(Cl)cc3)c2)cc1. The van der Waals surface area contributed by atoms with E-state index in [1.807, 2.05) is 12.1 Å². The summed E-state index contributed by atoms with van der Waals surface area (Å²) in [4.78, 5) is 24.5. The van der Waals surface area contributed by atoms with E-state index < -0.39 is 0 Å². The first-order valence-electron chi connectivity index (χ1n) is 8.45. The highest BCUT2D eigenvalue weighted by molar-refractivity contribution is 6.30. The normalized spacial score (nSPS) is 10.4. The second kappa shape index (κ2) is 8.81. The standard InChI is InChI=1S/C23H15ClN2O2/c24-20-11-9-19(10-12-20)23(28)26-21-3-1-2-16(14-21)6-13-22(27)18-7-4-17(15-25)5-8-18/h1-14H,(H,26,28)/b13-6+.